The Labute approximate surface area is 178 Å². The minimum atomic E-state index is -3.66. The molecule has 2 N–H and O–H groups in total. The number of nitrogens with zero attached hydrogens (tertiary/aromatic N) is 1. The maximum absolute atomic E-state index is 12.8. The summed E-state index contributed by atoms with van der Waals surface area (Å²) >= 11 is 6.13. The Bertz CT molecular complexity index is 812. The van der Waals surface area contributed by atoms with Crippen molar-refractivity contribution in [3.8, 4) is 0 Å². The highest BCUT2D eigenvalue weighted by atomic mass is 35.5. The average molecular weight is 444 g/mol. The third-order valence-corrected chi connectivity index (χ3v) is 8.00. The number of benzene rings is 1. The summed E-state index contributed by atoms with van der Waals surface area (Å²) in [5, 5.41) is 5.57. The molecule has 7 nitrogen and oxygen atoms in total. The normalized spacial score (nSPS) is 23.1. The van der Waals surface area contributed by atoms with E-state index in [0.717, 1.165) is 19.3 Å². The fourth-order valence-electron chi connectivity index (χ4n) is 3.93. The Balaban J connectivity index is 1.51. The summed E-state index contributed by atoms with van der Waals surface area (Å²) in [7, 11) is -3.66. The molecule has 0 radical (unpaired) electrons. The minimum absolute atomic E-state index is 0.0217. The van der Waals surface area contributed by atoms with Crippen molar-refractivity contribution in [3.05, 3.63) is 23.2 Å². The van der Waals surface area contributed by atoms with Crippen LogP contribution in [0.4, 0.5) is 10.5 Å². The first-order valence-corrected chi connectivity index (χ1v) is 12.2. The van der Waals surface area contributed by atoms with Crippen LogP contribution < -0.4 is 10.6 Å². The van der Waals surface area contributed by atoms with E-state index in [0.29, 0.717) is 37.8 Å². The zero-order valence-electron chi connectivity index (χ0n) is 16.8. The van der Waals surface area contributed by atoms with E-state index in [1.165, 1.54) is 35.7 Å². The van der Waals surface area contributed by atoms with E-state index in [1.54, 1.807) is 6.07 Å². The lowest BCUT2D eigenvalue weighted by atomic mass is 9.88. The average Bonchev–Trinajstić information content (AvgIpc) is 3.24. The summed E-state index contributed by atoms with van der Waals surface area (Å²) in [6, 6.07) is 4.09. The predicted molar refractivity (Wildman–Crippen MR) is 114 cm³/mol. The Hall–Kier alpha value is -1.35. The van der Waals surface area contributed by atoms with Gasteiger partial charge in [-0.05, 0) is 49.8 Å². The van der Waals surface area contributed by atoms with Crippen LogP contribution in [0.5, 0.6) is 0 Å². The van der Waals surface area contributed by atoms with Gasteiger partial charge in [-0.15, -0.1) is 0 Å². The number of hydrogen-bond donors (Lipinski definition) is 2. The molecule has 2 amide bonds. The van der Waals surface area contributed by atoms with E-state index in [2.05, 4.69) is 17.6 Å². The van der Waals surface area contributed by atoms with Gasteiger partial charge in [-0.3, -0.25) is 0 Å². The number of rotatable bonds is 7. The molecular formula is C20H30ClN3O4S. The lowest BCUT2D eigenvalue weighted by Gasteiger charge is -2.28. The van der Waals surface area contributed by atoms with Gasteiger partial charge in [-0.25, -0.2) is 13.2 Å². The molecule has 3 rings (SSSR count). The van der Waals surface area contributed by atoms with Crippen molar-refractivity contribution in [2.24, 2.45) is 5.92 Å². The van der Waals surface area contributed by atoms with Gasteiger partial charge >= 0.3 is 6.03 Å². The highest BCUT2D eigenvalue weighted by molar-refractivity contribution is 7.89. The molecule has 0 spiro atoms. The third-order valence-electron chi connectivity index (χ3n) is 5.62. The number of carbonyl (C=O) groups is 1. The van der Waals surface area contributed by atoms with Gasteiger partial charge in [0, 0.05) is 25.3 Å². The van der Waals surface area contributed by atoms with Crippen molar-refractivity contribution < 1.29 is 17.9 Å². The maximum Gasteiger partial charge on any atom is 0.319 e. The van der Waals surface area contributed by atoms with Gasteiger partial charge in [-0.1, -0.05) is 31.4 Å². The zero-order valence-corrected chi connectivity index (χ0v) is 18.4. The Morgan fingerprint density at radius 2 is 1.93 bits per heavy atom. The lowest BCUT2D eigenvalue weighted by molar-refractivity contribution is -0.00232. The van der Waals surface area contributed by atoms with Crippen molar-refractivity contribution in [3.63, 3.8) is 0 Å². The first-order valence-electron chi connectivity index (χ1n) is 10.3. The van der Waals surface area contributed by atoms with E-state index in [1.807, 2.05) is 0 Å². The van der Waals surface area contributed by atoms with Gasteiger partial charge in [0.2, 0.25) is 10.0 Å². The Morgan fingerprint density at radius 3 is 2.66 bits per heavy atom. The zero-order chi connectivity index (χ0) is 20.9. The van der Waals surface area contributed by atoms with E-state index in [9.17, 15) is 13.2 Å². The summed E-state index contributed by atoms with van der Waals surface area (Å²) in [5.74, 6) is 0.558. The monoisotopic (exact) mass is 443 g/mol. The molecule has 9 heteroatoms. The Morgan fingerprint density at radius 1 is 1.21 bits per heavy atom. The summed E-state index contributed by atoms with van der Waals surface area (Å²) in [4.78, 5) is 12.2. The number of anilines is 1. The molecule has 2 atom stereocenters. The number of hydrogen-bond acceptors (Lipinski definition) is 4. The van der Waals surface area contributed by atoms with Crippen molar-refractivity contribution in [2.45, 2.75) is 56.4 Å². The van der Waals surface area contributed by atoms with Gasteiger partial charge in [0.15, 0.2) is 0 Å². The highest BCUT2D eigenvalue weighted by Crippen LogP contribution is 2.29. The lowest BCUT2D eigenvalue weighted by Crippen LogP contribution is -2.34. The predicted octanol–water partition coefficient (Wildman–Crippen LogP) is 3.84. The molecule has 1 saturated heterocycles. The molecule has 1 aliphatic carbocycles. The second-order valence-electron chi connectivity index (χ2n) is 7.81. The van der Waals surface area contributed by atoms with Crippen LogP contribution in [0, 0.1) is 5.92 Å². The largest absolute Gasteiger partial charge is 0.376 e. The van der Waals surface area contributed by atoms with Crippen LogP contribution >= 0.6 is 11.6 Å². The number of amides is 2. The van der Waals surface area contributed by atoms with Crippen LogP contribution in [0.15, 0.2) is 23.1 Å². The van der Waals surface area contributed by atoms with Crippen molar-refractivity contribution in [1.82, 2.24) is 9.62 Å². The molecule has 1 aromatic carbocycles. The van der Waals surface area contributed by atoms with Gasteiger partial charge < -0.3 is 15.4 Å². The summed E-state index contributed by atoms with van der Waals surface area (Å²) in [6.45, 7) is 4.05. The van der Waals surface area contributed by atoms with Crippen LogP contribution in [0.3, 0.4) is 0 Å². The van der Waals surface area contributed by atoms with Gasteiger partial charge in [-0.2, -0.15) is 4.31 Å². The fraction of sp³-hybridized carbons (Fsp3) is 0.650. The van der Waals surface area contributed by atoms with E-state index >= 15 is 0 Å². The van der Waals surface area contributed by atoms with Crippen molar-refractivity contribution in [2.75, 3.05) is 31.6 Å². The van der Waals surface area contributed by atoms with E-state index < -0.39 is 16.1 Å². The summed E-state index contributed by atoms with van der Waals surface area (Å²) in [6.07, 6.45) is 6.69. The standard InChI is InChI=1S/C20H30ClN3O4S/c1-15-6-2-3-7-18(15)28-13-10-22-20(25)23-16-8-9-17(21)19(14-16)29(26,27)24-11-4-5-12-24/h8-9,14-15,18H,2-7,10-13H2,1H3,(H2,22,23,25)/t15-,18-/m0/s1. The SMILES string of the molecule is C[C@H]1CCCC[C@@H]1OCCNC(=O)Nc1ccc(Cl)c(S(=O)(=O)N2CCCC2)c1. The quantitative estimate of drug-likeness (QED) is 0.626. The van der Waals surface area contributed by atoms with Crippen LogP contribution in [0.2, 0.25) is 5.02 Å². The topological polar surface area (TPSA) is 87.7 Å². The minimum Gasteiger partial charge on any atom is -0.376 e. The summed E-state index contributed by atoms with van der Waals surface area (Å²) < 4.78 is 32.9. The number of nitrogens with one attached hydrogen (secondary N) is 2. The van der Waals surface area contributed by atoms with Crippen LogP contribution in [0.1, 0.15) is 45.4 Å². The molecule has 162 valence electrons. The highest BCUT2D eigenvalue weighted by Gasteiger charge is 2.29. The molecule has 0 bridgehead atoms. The molecule has 2 aliphatic rings. The smallest absolute Gasteiger partial charge is 0.319 e. The number of urea groups is 1. The second-order valence-corrected chi connectivity index (χ2v) is 10.1. The maximum atomic E-state index is 12.8. The molecule has 1 aromatic rings. The molecule has 2 fully saturated rings. The van der Waals surface area contributed by atoms with Crippen LogP contribution in [-0.4, -0.2) is 51.1 Å². The Kier molecular flexibility index (Phi) is 7.79. The number of sulfonamides is 1. The molecule has 1 aliphatic heterocycles. The van der Waals surface area contributed by atoms with Gasteiger partial charge in [0.25, 0.3) is 0 Å². The first kappa shape index (κ1) is 22.3. The summed E-state index contributed by atoms with van der Waals surface area (Å²) in [5.41, 5.74) is 0.381. The number of carbonyl (C=O) groups excluding carboxylic acids is 1. The second kappa shape index (κ2) is 10.1. The van der Waals surface area contributed by atoms with Gasteiger partial charge in [0.05, 0.1) is 17.7 Å². The van der Waals surface area contributed by atoms with Gasteiger partial charge in [0.1, 0.15) is 4.90 Å². The van der Waals surface area contributed by atoms with Crippen molar-refractivity contribution in [1.29, 1.82) is 0 Å². The molecular weight excluding hydrogens is 414 g/mol. The molecule has 0 unspecified atom stereocenters. The number of halogens is 1. The van der Waals surface area contributed by atoms with E-state index in [-0.39, 0.29) is 16.0 Å². The molecule has 1 heterocycles. The number of ether oxygens (including phenoxy) is 1. The van der Waals surface area contributed by atoms with Crippen LogP contribution in [-0.2, 0) is 14.8 Å². The first-order chi connectivity index (χ1) is 13.9. The molecule has 1 saturated carbocycles. The van der Waals surface area contributed by atoms with Crippen LogP contribution in [0.25, 0.3) is 0 Å². The van der Waals surface area contributed by atoms with E-state index in [4.69, 9.17) is 16.3 Å². The molecule has 29 heavy (non-hydrogen) atoms. The third kappa shape index (κ3) is 5.84. The van der Waals surface area contributed by atoms with Crippen molar-refractivity contribution >= 4 is 33.3 Å². The molecule has 0 aromatic heterocycles. The fourth-order valence-corrected chi connectivity index (χ4v) is 5.94.